The zero-order valence-corrected chi connectivity index (χ0v) is 17.4. The van der Waals surface area contributed by atoms with Crippen LogP contribution < -0.4 is 4.74 Å². The van der Waals surface area contributed by atoms with E-state index in [1.54, 1.807) is 19.5 Å². The van der Waals surface area contributed by atoms with Gasteiger partial charge in [-0.15, -0.1) is 0 Å². The van der Waals surface area contributed by atoms with Gasteiger partial charge in [-0.05, 0) is 55.5 Å². The summed E-state index contributed by atoms with van der Waals surface area (Å²) in [7, 11) is 1.68. The van der Waals surface area contributed by atoms with Crippen LogP contribution in [0.4, 0.5) is 0 Å². The highest BCUT2D eigenvalue weighted by Crippen LogP contribution is 2.40. The van der Waals surface area contributed by atoms with Gasteiger partial charge in [0.05, 0.1) is 24.1 Å². The minimum atomic E-state index is 0.227. The van der Waals surface area contributed by atoms with E-state index in [1.165, 1.54) is 6.42 Å². The number of carbonyl (C=O) groups excluding carboxylic acids is 1. The molecule has 154 valence electrons. The van der Waals surface area contributed by atoms with Crippen molar-refractivity contribution in [3.63, 3.8) is 0 Å². The van der Waals surface area contributed by atoms with Gasteiger partial charge >= 0.3 is 0 Å². The van der Waals surface area contributed by atoms with Crippen LogP contribution >= 0.6 is 0 Å². The number of hydrogen-bond donors (Lipinski definition) is 0. The fourth-order valence-corrected chi connectivity index (χ4v) is 4.10. The van der Waals surface area contributed by atoms with Crippen molar-refractivity contribution in [2.45, 2.75) is 32.1 Å². The molecule has 4 rings (SSSR count). The molecular weight excluding hydrogens is 374 g/mol. The zero-order chi connectivity index (χ0) is 20.8. The second kappa shape index (κ2) is 9.53. The van der Waals surface area contributed by atoms with E-state index in [0.717, 1.165) is 59.8 Å². The van der Waals surface area contributed by atoms with Gasteiger partial charge in [-0.3, -0.25) is 14.8 Å². The van der Waals surface area contributed by atoms with Gasteiger partial charge in [0.2, 0.25) is 5.91 Å². The van der Waals surface area contributed by atoms with Gasteiger partial charge in [-0.25, -0.2) is 0 Å². The summed E-state index contributed by atoms with van der Waals surface area (Å²) in [6.07, 6.45) is 8.13. The van der Waals surface area contributed by atoms with E-state index in [1.807, 2.05) is 41.3 Å². The number of aromatic nitrogens is 2. The second-order valence-corrected chi connectivity index (χ2v) is 7.55. The summed E-state index contributed by atoms with van der Waals surface area (Å²) in [5.41, 5.74) is 4.60. The summed E-state index contributed by atoms with van der Waals surface area (Å²) in [6.45, 7) is 1.77. The summed E-state index contributed by atoms with van der Waals surface area (Å²) in [5.74, 6) is 0.994. The number of amides is 1. The zero-order valence-electron chi connectivity index (χ0n) is 17.4. The maximum Gasteiger partial charge on any atom is 0.222 e. The molecule has 2 aromatic heterocycles. The highest BCUT2D eigenvalue weighted by atomic mass is 16.5. The van der Waals surface area contributed by atoms with Crippen molar-refractivity contribution in [3.8, 4) is 28.3 Å². The molecule has 0 bridgehead atoms. The number of aryl methyl sites for hydroxylation is 1. The van der Waals surface area contributed by atoms with Crippen LogP contribution in [0.2, 0.25) is 0 Å². The fourth-order valence-electron chi connectivity index (χ4n) is 4.10. The van der Waals surface area contributed by atoms with Crippen LogP contribution in [0.25, 0.3) is 22.5 Å². The number of carbonyl (C=O) groups is 1. The Hall–Kier alpha value is -3.21. The Morgan fingerprint density at radius 3 is 2.27 bits per heavy atom. The number of rotatable bonds is 6. The maximum absolute atomic E-state index is 12.7. The standard InChI is InChI=1S/C25H27N3O2/c1-30-25-19(12-14-23(29)28-17-7-2-8-18-28)11-13-20(21-9-3-5-15-26-21)24(25)22-10-4-6-16-27-22/h3-6,9-11,13,15-16H,2,7-8,12,14,17-18H2,1H3. The molecule has 1 aliphatic heterocycles. The molecule has 0 unspecified atom stereocenters. The number of nitrogens with zero attached hydrogens (tertiary/aromatic N) is 3. The highest BCUT2D eigenvalue weighted by molar-refractivity contribution is 5.86. The van der Waals surface area contributed by atoms with Crippen LogP contribution in [0.1, 0.15) is 31.2 Å². The van der Waals surface area contributed by atoms with Crippen molar-refractivity contribution < 1.29 is 9.53 Å². The minimum Gasteiger partial charge on any atom is -0.496 e. The molecule has 30 heavy (non-hydrogen) atoms. The Labute approximate surface area is 177 Å². The molecule has 1 saturated heterocycles. The molecule has 3 aromatic rings. The van der Waals surface area contributed by atoms with E-state index in [-0.39, 0.29) is 5.91 Å². The van der Waals surface area contributed by atoms with E-state index in [9.17, 15) is 4.79 Å². The Kier molecular flexibility index (Phi) is 6.38. The smallest absolute Gasteiger partial charge is 0.222 e. The molecule has 0 atom stereocenters. The fraction of sp³-hybridized carbons (Fsp3) is 0.320. The van der Waals surface area contributed by atoms with E-state index < -0.39 is 0 Å². The average molecular weight is 402 g/mol. The summed E-state index contributed by atoms with van der Waals surface area (Å²) in [6, 6.07) is 15.8. The molecule has 3 heterocycles. The quantitative estimate of drug-likeness (QED) is 0.597. The first-order chi connectivity index (χ1) is 14.8. The monoisotopic (exact) mass is 401 g/mol. The molecule has 0 saturated carbocycles. The number of hydrogen-bond acceptors (Lipinski definition) is 4. The summed E-state index contributed by atoms with van der Waals surface area (Å²) >= 11 is 0. The van der Waals surface area contributed by atoms with Gasteiger partial charge in [0.15, 0.2) is 0 Å². The van der Waals surface area contributed by atoms with Crippen LogP contribution in [-0.4, -0.2) is 41.0 Å². The molecule has 0 N–H and O–H groups in total. The van der Waals surface area contributed by atoms with Gasteiger partial charge in [0.1, 0.15) is 5.75 Å². The van der Waals surface area contributed by atoms with E-state index >= 15 is 0 Å². The summed E-state index contributed by atoms with van der Waals surface area (Å²) in [5, 5.41) is 0. The molecule has 5 nitrogen and oxygen atoms in total. The van der Waals surface area contributed by atoms with Crippen LogP contribution in [-0.2, 0) is 11.2 Å². The van der Waals surface area contributed by atoms with Crippen molar-refractivity contribution >= 4 is 5.91 Å². The first-order valence-corrected chi connectivity index (χ1v) is 10.6. The maximum atomic E-state index is 12.7. The first-order valence-electron chi connectivity index (χ1n) is 10.6. The Balaban J connectivity index is 1.69. The molecule has 1 amide bonds. The molecule has 1 aliphatic rings. The third-order valence-corrected chi connectivity index (χ3v) is 5.62. The van der Waals surface area contributed by atoms with Crippen LogP contribution in [0, 0.1) is 0 Å². The van der Waals surface area contributed by atoms with Crippen molar-refractivity contribution in [1.82, 2.24) is 14.9 Å². The van der Waals surface area contributed by atoms with Crippen molar-refractivity contribution in [1.29, 1.82) is 0 Å². The lowest BCUT2D eigenvalue weighted by molar-refractivity contribution is -0.132. The molecule has 1 fully saturated rings. The van der Waals surface area contributed by atoms with Gasteiger partial charge in [0.25, 0.3) is 0 Å². The normalized spacial score (nSPS) is 13.8. The topological polar surface area (TPSA) is 55.3 Å². The Morgan fingerprint density at radius 2 is 1.63 bits per heavy atom. The van der Waals surface area contributed by atoms with Gasteiger partial charge in [0, 0.05) is 37.5 Å². The van der Waals surface area contributed by atoms with E-state index in [0.29, 0.717) is 12.8 Å². The van der Waals surface area contributed by atoms with Crippen molar-refractivity contribution in [2.75, 3.05) is 20.2 Å². The molecule has 0 radical (unpaired) electrons. The number of likely N-dealkylation sites (tertiary alicyclic amines) is 1. The lowest BCUT2D eigenvalue weighted by Gasteiger charge is -2.27. The molecule has 0 aliphatic carbocycles. The van der Waals surface area contributed by atoms with Crippen LogP contribution in [0.5, 0.6) is 5.75 Å². The number of ether oxygens (including phenoxy) is 1. The van der Waals surface area contributed by atoms with Crippen LogP contribution in [0.15, 0.2) is 60.9 Å². The minimum absolute atomic E-state index is 0.227. The molecular formula is C25H27N3O2. The SMILES string of the molecule is COc1c(CCC(=O)N2CCCCC2)ccc(-c2ccccn2)c1-c1ccccn1. The van der Waals surface area contributed by atoms with Crippen molar-refractivity contribution in [3.05, 3.63) is 66.5 Å². The third kappa shape index (κ3) is 4.35. The Bertz CT molecular complexity index is 984. The van der Waals surface area contributed by atoms with Gasteiger partial charge in [-0.1, -0.05) is 24.3 Å². The van der Waals surface area contributed by atoms with Crippen molar-refractivity contribution in [2.24, 2.45) is 0 Å². The predicted octanol–water partition coefficient (Wildman–Crippen LogP) is 4.76. The third-order valence-electron chi connectivity index (χ3n) is 5.62. The number of piperidine rings is 1. The molecule has 5 heteroatoms. The Morgan fingerprint density at radius 1 is 0.933 bits per heavy atom. The number of methoxy groups -OCH3 is 1. The van der Waals surface area contributed by atoms with Crippen LogP contribution in [0.3, 0.4) is 0 Å². The van der Waals surface area contributed by atoms with Gasteiger partial charge in [-0.2, -0.15) is 0 Å². The van der Waals surface area contributed by atoms with E-state index in [2.05, 4.69) is 22.1 Å². The van der Waals surface area contributed by atoms with E-state index in [4.69, 9.17) is 4.74 Å². The number of pyridine rings is 2. The number of benzene rings is 1. The molecule has 1 aromatic carbocycles. The van der Waals surface area contributed by atoms with Gasteiger partial charge < -0.3 is 9.64 Å². The predicted molar refractivity (Wildman–Crippen MR) is 118 cm³/mol. The average Bonchev–Trinajstić information content (AvgIpc) is 2.83. The first kappa shape index (κ1) is 20.1. The summed E-state index contributed by atoms with van der Waals surface area (Å²) < 4.78 is 5.88. The second-order valence-electron chi connectivity index (χ2n) is 7.55. The highest BCUT2D eigenvalue weighted by Gasteiger charge is 2.21. The largest absolute Gasteiger partial charge is 0.496 e. The lowest BCUT2D eigenvalue weighted by atomic mass is 9.94. The summed E-state index contributed by atoms with van der Waals surface area (Å²) in [4.78, 5) is 23.8. The molecule has 0 spiro atoms. The lowest BCUT2D eigenvalue weighted by Crippen LogP contribution is -2.35.